The standard InChI is InChI=1S/C17H18O3.C5H12.C3H8O.2C2H6.CH4O/c1-5-12-7-6-8-15-13(9-12)10-14(16(18)20-15)17(4,19)11(2)3;1-3-5-4-2;1-3-4-2;3*1-2/h5,7-10,19H,1-2,6H2,3-4H3;3-5H2,1-2H3;3H2,1-2H3;2*1-2H3;2H,1H3. The maximum Gasteiger partial charge on any atom is 0.342 e. The molecule has 2 N–H and O–H groups in total. The fourth-order valence-electron chi connectivity index (χ4n) is 2.38. The molecule has 35 heavy (non-hydrogen) atoms. The van der Waals surface area contributed by atoms with Crippen molar-refractivity contribution in [2.45, 2.75) is 93.6 Å². The minimum Gasteiger partial charge on any atom is -0.423 e. The van der Waals surface area contributed by atoms with E-state index in [1.807, 2.05) is 52.8 Å². The van der Waals surface area contributed by atoms with Crippen molar-refractivity contribution in [1.29, 1.82) is 0 Å². The lowest BCUT2D eigenvalue weighted by Gasteiger charge is -2.22. The van der Waals surface area contributed by atoms with Gasteiger partial charge in [0.2, 0.25) is 0 Å². The third-order valence-corrected chi connectivity index (χ3v) is 4.57. The molecule has 0 saturated heterocycles. The molecule has 0 aromatic carbocycles. The predicted molar refractivity (Wildman–Crippen MR) is 154 cm³/mol. The summed E-state index contributed by atoms with van der Waals surface area (Å²) in [7, 11) is 2.68. The van der Waals surface area contributed by atoms with E-state index in [0.717, 1.165) is 24.5 Å². The third-order valence-electron chi connectivity index (χ3n) is 4.57. The van der Waals surface area contributed by atoms with Gasteiger partial charge in [0.1, 0.15) is 11.0 Å². The van der Waals surface area contributed by atoms with Gasteiger partial charge in [-0.15, -0.1) is 0 Å². The predicted octanol–water partition coefficient (Wildman–Crippen LogP) is 6.01. The number of aliphatic hydroxyl groups excluding tert-OH is 1. The quantitative estimate of drug-likeness (QED) is 0.473. The Morgan fingerprint density at radius 3 is 1.97 bits per heavy atom. The highest BCUT2D eigenvalue weighted by Crippen LogP contribution is 2.23. The molecule has 1 aliphatic carbocycles. The van der Waals surface area contributed by atoms with E-state index in [1.54, 1.807) is 33.1 Å². The van der Waals surface area contributed by atoms with E-state index in [9.17, 15) is 9.90 Å². The van der Waals surface area contributed by atoms with Crippen LogP contribution in [0.15, 0.2) is 51.7 Å². The van der Waals surface area contributed by atoms with Gasteiger partial charge in [-0.2, -0.15) is 0 Å². The molecule has 0 amide bonds. The Bertz CT molecular complexity index is 854. The van der Waals surface area contributed by atoms with Gasteiger partial charge in [-0.25, -0.2) is 4.79 Å². The van der Waals surface area contributed by atoms with E-state index in [-0.39, 0.29) is 5.56 Å². The molecule has 1 aliphatic rings. The van der Waals surface area contributed by atoms with Gasteiger partial charge < -0.3 is 19.4 Å². The van der Waals surface area contributed by atoms with E-state index in [1.165, 1.54) is 19.3 Å². The monoisotopic (exact) mass is 494 g/mol. The van der Waals surface area contributed by atoms with Crippen LogP contribution in [0.3, 0.4) is 0 Å². The number of methoxy groups -OCH3 is 1. The molecule has 0 aliphatic heterocycles. The van der Waals surface area contributed by atoms with Gasteiger partial charge in [0.15, 0.2) is 0 Å². The van der Waals surface area contributed by atoms with Crippen LogP contribution < -0.4 is 16.3 Å². The van der Waals surface area contributed by atoms with Crippen LogP contribution in [0.4, 0.5) is 0 Å². The largest absolute Gasteiger partial charge is 0.423 e. The van der Waals surface area contributed by atoms with Crippen LogP contribution in [-0.4, -0.2) is 31.0 Å². The zero-order valence-corrected chi connectivity index (χ0v) is 24.5. The lowest BCUT2D eigenvalue weighted by Crippen LogP contribution is -2.37. The van der Waals surface area contributed by atoms with Crippen molar-refractivity contribution in [3.05, 3.63) is 69.1 Å². The second-order valence-corrected chi connectivity index (χ2v) is 7.04. The van der Waals surface area contributed by atoms with E-state index >= 15 is 0 Å². The Morgan fingerprint density at radius 1 is 1.14 bits per heavy atom. The highest BCUT2D eigenvalue weighted by molar-refractivity contribution is 5.55. The molecule has 1 unspecified atom stereocenters. The van der Waals surface area contributed by atoms with Crippen LogP contribution in [0.25, 0.3) is 12.2 Å². The minimum atomic E-state index is -1.41. The Labute approximate surface area is 215 Å². The Kier molecular flexibility index (Phi) is 30.2. The van der Waals surface area contributed by atoms with Crippen LogP contribution in [0.1, 0.15) is 93.6 Å². The van der Waals surface area contributed by atoms with Crippen molar-refractivity contribution in [2.24, 2.45) is 0 Å². The maximum absolute atomic E-state index is 12.1. The van der Waals surface area contributed by atoms with E-state index in [0.29, 0.717) is 17.4 Å². The van der Waals surface area contributed by atoms with Crippen molar-refractivity contribution in [3.8, 4) is 0 Å². The number of rotatable bonds is 6. The summed E-state index contributed by atoms with van der Waals surface area (Å²) >= 11 is 0. The van der Waals surface area contributed by atoms with Gasteiger partial charge in [0, 0.05) is 26.0 Å². The highest BCUT2D eigenvalue weighted by Gasteiger charge is 2.28. The number of ether oxygens (including phenoxy) is 1. The summed E-state index contributed by atoms with van der Waals surface area (Å²) in [5.41, 5.74) is 0.205. The molecule has 1 aromatic heterocycles. The normalized spacial score (nSPS) is 12.1. The topological polar surface area (TPSA) is 79.9 Å². The van der Waals surface area contributed by atoms with Crippen LogP contribution in [0.5, 0.6) is 0 Å². The van der Waals surface area contributed by atoms with Gasteiger partial charge in [-0.3, -0.25) is 0 Å². The van der Waals surface area contributed by atoms with E-state index < -0.39 is 11.2 Å². The number of unbranched alkanes of at least 4 members (excludes halogenated alkanes) is 2. The molecule has 0 saturated carbocycles. The molecule has 1 aromatic rings. The average Bonchev–Trinajstić information content (AvgIpc) is 3.09. The lowest BCUT2D eigenvalue weighted by atomic mass is 9.91. The Hall–Kier alpha value is -2.21. The van der Waals surface area contributed by atoms with Gasteiger partial charge in [-0.05, 0) is 56.6 Å². The SMILES string of the molecule is C=CC1=CCC=c2oc(=O)c(C(C)(O)C(=C)C)cc2=C1.CC.CC.CCCCC.CCOC.CO. The third kappa shape index (κ3) is 17.0. The molecular formula is C30H54O5. The second kappa shape index (κ2) is 26.4. The van der Waals surface area contributed by atoms with Gasteiger partial charge in [0.05, 0.1) is 5.56 Å². The summed E-state index contributed by atoms with van der Waals surface area (Å²) in [4.78, 5) is 12.1. The number of allylic oxidation sites excluding steroid dienone is 3. The van der Waals surface area contributed by atoms with Gasteiger partial charge in [-0.1, -0.05) is 86.1 Å². The molecule has 0 spiro atoms. The van der Waals surface area contributed by atoms with Crippen molar-refractivity contribution < 1.29 is 19.4 Å². The molecule has 5 nitrogen and oxygen atoms in total. The van der Waals surface area contributed by atoms with E-state index in [4.69, 9.17) is 9.52 Å². The molecule has 0 radical (unpaired) electrons. The summed E-state index contributed by atoms with van der Waals surface area (Å²) in [6.07, 6.45) is 12.2. The number of hydrogen-bond acceptors (Lipinski definition) is 5. The summed E-state index contributed by atoms with van der Waals surface area (Å²) in [6, 6.07) is 1.66. The molecule has 204 valence electrons. The highest BCUT2D eigenvalue weighted by atomic mass is 16.5. The van der Waals surface area contributed by atoms with Gasteiger partial charge >= 0.3 is 5.63 Å². The van der Waals surface area contributed by atoms with Crippen molar-refractivity contribution >= 4 is 12.2 Å². The van der Waals surface area contributed by atoms with Crippen LogP contribution >= 0.6 is 0 Å². The smallest absolute Gasteiger partial charge is 0.342 e. The first-order chi connectivity index (χ1) is 16.7. The Balaban J connectivity index is -0.000000267. The van der Waals surface area contributed by atoms with E-state index in [2.05, 4.69) is 31.7 Å². The number of aliphatic hydroxyl groups is 2. The lowest BCUT2D eigenvalue weighted by molar-refractivity contribution is 0.0933. The first kappa shape index (κ1) is 40.0. The van der Waals surface area contributed by atoms with Crippen molar-refractivity contribution in [2.75, 3.05) is 20.8 Å². The summed E-state index contributed by atoms with van der Waals surface area (Å²) < 4.78 is 9.87. The molecule has 1 heterocycles. The molecule has 1 atom stereocenters. The van der Waals surface area contributed by atoms with Crippen molar-refractivity contribution in [1.82, 2.24) is 0 Å². The molecule has 2 rings (SSSR count). The number of fused-ring (bicyclic) bond motifs is 1. The molecule has 0 fully saturated rings. The zero-order valence-electron chi connectivity index (χ0n) is 24.5. The first-order valence-corrected chi connectivity index (χ1v) is 12.7. The Morgan fingerprint density at radius 2 is 1.63 bits per heavy atom. The number of hydrogen-bond donors (Lipinski definition) is 2. The van der Waals surface area contributed by atoms with Gasteiger partial charge in [0.25, 0.3) is 0 Å². The molecule has 5 heteroatoms. The fraction of sp³-hybridized carbons (Fsp3) is 0.567. The zero-order chi connectivity index (χ0) is 28.4. The first-order valence-electron chi connectivity index (χ1n) is 12.7. The second-order valence-electron chi connectivity index (χ2n) is 7.04. The summed E-state index contributed by atoms with van der Waals surface area (Å²) in [5, 5.41) is 18.2. The molecular weight excluding hydrogens is 440 g/mol. The fourth-order valence-corrected chi connectivity index (χ4v) is 2.38. The van der Waals surface area contributed by atoms with Crippen LogP contribution in [-0.2, 0) is 10.3 Å². The minimum absolute atomic E-state index is 0.193. The van der Waals surface area contributed by atoms with Crippen LogP contribution in [0, 0.1) is 0 Å². The van der Waals surface area contributed by atoms with Crippen LogP contribution in [0.2, 0.25) is 0 Å². The summed E-state index contributed by atoms with van der Waals surface area (Å²) in [5.74, 6) is 0. The maximum atomic E-state index is 12.1. The average molecular weight is 495 g/mol. The molecule has 0 bridgehead atoms. The summed E-state index contributed by atoms with van der Waals surface area (Å²) in [6.45, 7) is 25.9. The van der Waals surface area contributed by atoms with Crippen molar-refractivity contribution in [3.63, 3.8) is 0 Å².